The van der Waals surface area contributed by atoms with Crippen molar-refractivity contribution in [1.82, 2.24) is 0 Å². The molecular weight excluding hydrogens is 399 g/mol. The molecular formula is C22H18F3NO4. The van der Waals surface area contributed by atoms with Crippen LogP contribution in [-0.4, -0.2) is 20.1 Å². The van der Waals surface area contributed by atoms with Gasteiger partial charge in [-0.2, -0.15) is 13.2 Å². The summed E-state index contributed by atoms with van der Waals surface area (Å²) < 4.78 is 55.7. The number of anilines is 1. The van der Waals surface area contributed by atoms with Gasteiger partial charge in [-0.25, -0.2) is 0 Å². The molecule has 30 heavy (non-hydrogen) atoms. The molecule has 0 aliphatic heterocycles. The molecule has 0 bridgehead atoms. The maximum atomic E-state index is 13.2. The highest BCUT2D eigenvalue weighted by atomic mass is 19.4. The molecule has 0 aliphatic rings. The van der Waals surface area contributed by atoms with Gasteiger partial charge in [0, 0.05) is 11.8 Å². The predicted molar refractivity (Wildman–Crippen MR) is 105 cm³/mol. The van der Waals surface area contributed by atoms with E-state index in [2.05, 4.69) is 5.32 Å². The second-order valence-electron chi connectivity index (χ2n) is 6.14. The van der Waals surface area contributed by atoms with Gasteiger partial charge in [0.2, 0.25) is 0 Å². The fraction of sp³-hybridized carbons (Fsp3) is 0.136. The molecule has 0 aromatic heterocycles. The fourth-order valence-corrected chi connectivity index (χ4v) is 2.73. The molecule has 0 atom stereocenters. The SMILES string of the molecule is COc1ccc(Oc2cc(NC(=O)c3ccccc3C(F)(F)F)ccc2OC)cc1. The zero-order chi connectivity index (χ0) is 21.7. The van der Waals surface area contributed by atoms with Crippen molar-refractivity contribution in [2.75, 3.05) is 19.5 Å². The lowest BCUT2D eigenvalue weighted by atomic mass is 10.1. The van der Waals surface area contributed by atoms with Crippen LogP contribution in [0.1, 0.15) is 15.9 Å². The minimum atomic E-state index is -4.64. The number of hydrogen-bond donors (Lipinski definition) is 1. The zero-order valence-corrected chi connectivity index (χ0v) is 16.1. The maximum Gasteiger partial charge on any atom is 0.417 e. The van der Waals surface area contributed by atoms with Crippen LogP contribution in [0.2, 0.25) is 0 Å². The van der Waals surface area contributed by atoms with Gasteiger partial charge in [0.25, 0.3) is 5.91 Å². The van der Waals surface area contributed by atoms with Gasteiger partial charge in [-0.1, -0.05) is 12.1 Å². The van der Waals surface area contributed by atoms with E-state index in [1.165, 1.54) is 31.4 Å². The van der Waals surface area contributed by atoms with E-state index in [0.717, 1.165) is 12.1 Å². The Morgan fingerprint density at radius 2 is 1.50 bits per heavy atom. The van der Waals surface area contributed by atoms with Crippen LogP contribution in [0.4, 0.5) is 18.9 Å². The van der Waals surface area contributed by atoms with Crippen molar-refractivity contribution >= 4 is 11.6 Å². The van der Waals surface area contributed by atoms with Crippen LogP contribution < -0.4 is 19.5 Å². The lowest BCUT2D eigenvalue weighted by Gasteiger charge is -2.15. The van der Waals surface area contributed by atoms with E-state index < -0.39 is 23.2 Å². The Balaban J connectivity index is 1.85. The summed E-state index contributed by atoms with van der Waals surface area (Å²) in [6.07, 6.45) is -4.64. The zero-order valence-electron chi connectivity index (χ0n) is 16.1. The topological polar surface area (TPSA) is 56.8 Å². The van der Waals surface area contributed by atoms with E-state index in [0.29, 0.717) is 17.2 Å². The van der Waals surface area contributed by atoms with Crippen LogP contribution in [0.25, 0.3) is 0 Å². The minimum absolute atomic E-state index is 0.251. The number of amides is 1. The molecule has 5 nitrogen and oxygen atoms in total. The number of rotatable bonds is 6. The van der Waals surface area contributed by atoms with E-state index in [4.69, 9.17) is 14.2 Å². The molecule has 0 spiro atoms. The smallest absolute Gasteiger partial charge is 0.417 e. The first-order valence-corrected chi connectivity index (χ1v) is 8.79. The average Bonchev–Trinajstić information content (AvgIpc) is 2.74. The number of alkyl halides is 3. The molecule has 1 amide bonds. The van der Waals surface area contributed by atoms with Crippen LogP contribution in [0, 0.1) is 0 Å². The van der Waals surface area contributed by atoms with E-state index >= 15 is 0 Å². The van der Waals surface area contributed by atoms with E-state index in [-0.39, 0.29) is 11.4 Å². The number of ether oxygens (including phenoxy) is 3. The molecule has 8 heteroatoms. The Morgan fingerprint density at radius 3 is 2.13 bits per heavy atom. The molecule has 0 radical (unpaired) electrons. The Bertz CT molecular complexity index is 1030. The summed E-state index contributed by atoms with van der Waals surface area (Å²) in [5.74, 6) is 0.922. The van der Waals surface area contributed by atoms with Crippen molar-refractivity contribution in [1.29, 1.82) is 0 Å². The number of halogens is 3. The van der Waals surface area contributed by atoms with E-state index in [1.807, 2.05) is 0 Å². The molecule has 156 valence electrons. The first kappa shape index (κ1) is 21.0. The Labute approximate surface area is 171 Å². The third kappa shape index (κ3) is 4.83. The third-order valence-corrected chi connectivity index (χ3v) is 4.19. The third-order valence-electron chi connectivity index (χ3n) is 4.19. The van der Waals surface area contributed by atoms with Crippen LogP contribution in [0.15, 0.2) is 66.7 Å². The quantitative estimate of drug-likeness (QED) is 0.554. The highest BCUT2D eigenvalue weighted by molar-refractivity contribution is 6.05. The molecule has 3 aromatic rings. The van der Waals surface area contributed by atoms with Crippen LogP contribution in [-0.2, 0) is 6.18 Å². The summed E-state index contributed by atoms with van der Waals surface area (Å²) in [5.41, 5.74) is -1.23. The van der Waals surface area contributed by atoms with Crippen LogP contribution in [0.3, 0.4) is 0 Å². The normalized spacial score (nSPS) is 11.0. The summed E-state index contributed by atoms with van der Waals surface area (Å²) in [6.45, 7) is 0. The number of nitrogens with one attached hydrogen (secondary N) is 1. The summed E-state index contributed by atoms with van der Waals surface area (Å²) >= 11 is 0. The summed E-state index contributed by atoms with van der Waals surface area (Å²) in [6, 6.07) is 15.9. The van der Waals surface area contributed by atoms with Crippen molar-refractivity contribution in [3.63, 3.8) is 0 Å². The molecule has 0 saturated carbocycles. The van der Waals surface area contributed by atoms with Gasteiger partial charge in [-0.3, -0.25) is 4.79 Å². The largest absolute Gasteiger partial charge is 0.497 e. The average molecular weight is 417 g/mol. The number of benzene rings is 3. The minimum Gasteiger partial charge on any atom is -0.497 e. The monoisotopic (exact) mass is 417 g/mol. The first-order chi connectivity index (χ1) is 14.3. The lowest BCUT2D eigenvalue weighted by Crippen LogP contribution is -2.18. The number of methoxy groups -OCH3 is 2. The van der Waals surface area contributed by atoms with Crippen molar-refractivity contribution < 1.29 is 32.2 Å². The highest BCUT2D eigenvalue weighted by Gasteiger charge is 2.34. The number of hydrogen-bond acceptors (Lipinski definition) is 4. The highest BCUT2D eigenvalue weighted by Crippen LogP contribution is 2.35. The molecule has 0 unspecified atom stereocenters. The van der Waals surface area contributed by atoms with Gasteiger partial charge in [-0.05, 0) is 48.5 Å². The number of carbonyl (C=O) groups is 1. The second kappa shape index (κ2) is 8.77. The van der Waals surface area contributed by atoms with Gasteiger partial charge in [-0.15, -0.1) is 0 Å². The van der Waals surface area contributed by atoms with Gasteiger partial charge in [0.15, 0.2) is 11.5 Å². The van der Waals surface area contributed by atoms with Gasteiger partial charge >= 0.3 is 6.18 Å². The van der Waals surface area contributed by atoms with Crippen LogP contribution in [0.5, 0.6) is 23.0 Å². The van der Waals surface area contributed by atoms with E-state index in [9.17, 15) is 18.0 Å². The Kier molecular flexibility index (Phi) is 6.15. The fourth-order valence-electron chi connectivity index (χ4n) is 2.73. The molecule has 3 rings (SSSR count). The summed E-state index contributed by atoms with van der Waals surface area (Å²) in [7, 11) is 3.00. The number of carbonyl (C=O) groups excluding carboxylic acids is 1. The van der Waals surface area contributed by atoms with Crippen molar-refractivity contribution in [3.8, 4) is 23.0 Å². The summed E-state index contributed by atoms with van der Waals surface area (Å²) in [5, 5.41) is 2.47. The summed E-state index contributed by atoms with van der Waals surface area (Å²) in [4.78, 5) is 12.5. The molecule has 3 aromatic carbocycles. The Hall–Kier alpha value is -3.68. The van der Waals surface area contributed by atoms with Crippen molar-refractivity contribution in [3.05, 3.63) is 77.9 Å². The van der Waals surface area contributed by atoms with Crippen LogP contribution >= 0.6 is 0 Å². The first-order valence-electron chi connectivity index (χ1n) is 8.79. The van der Waals surface area contributed by atoms with E-state index in [1.54, 1.807) is 37.4 Å². The molecule has 0 fully saturated rings. The second-order valence-corrected chi connectivity index (χ2v) is 6.14. The standard InChI is InChI=1S/C22H18F3NO4/c1-28-15-8-10-16(11-9-15)30-20-13-14(7-12-19(20)29-2)26-21(27)17-5-3-4-6-18(17)22(23,24)25/h3-13H,1-2H3,(H,26,27). The molecule has 0 aliphatic carbocycles. The molecule has 1 N–H and O–H groups in total. The van der Waals surface area contributed by atoms with Gasteiger partial charge in [0.1, 0.15) is 11.5 Å². The predicted octanol–water partition coefficient (Wildman–Crippen LogP) is 5.77. The van der Waals surface area contributed by atoms with Crippen molar-refractivity contribution in [2.45, 2.75) is 6.18 Å². The maximum absolute atomic E-state index is 13.2. The Morgan fingerprint density at radius 1 is 0.833 bits per heavy atom. The molecule has 0 heterocycles. The van der Waals surface area contributed by atoms with Gasteiger partial charge < -0.3 is 19.5 Å². The van der Waals surface area contributed by atoms with Crippen molar-refractivity contribution in [2.24, 2.45) is 0 Å². The van der Waals surface area contributed by atoms with Gasteiger partial charge in [0.05, 0.1) is 25.3 Å². The lowest BCUT2D eigenvalue weighted by molar-refractivity contribution is -0.137. The molecule has 0 saturated heterocycles.